The number of benzene rings is 1. The van der Waals surface area contributed by atoms with Crippen LogP contribution in [-0.4, -0.2) is 44.3 Å². The molecule has 2 heterocycles. The molecule has 3 rings (SSSR count). The molecule has 0 fully saturated rings. The molecule has 0 unspecified atom stereocenters. The van der Waals surface area contributed by atoms with Crippen LogP contribution in [0.3, 0.4) is 0 Å². The van der Waals surface area contributed by atoms with E-state index in [1.165, 1.54) is 4.31 Å². The Balaban J connectivity index is 1.86. The van der Waals surface area contributed by atoms with E-state index in [9.17, 15) is 21.6 Å². The zero-order valence-corrected chi connectivity index (χ0v) is 17.1. The van der Waals surface area contributed by atoms with E-state index in [2.05, 4.69) is 20.6 Å². The van der Waals surface area contributed by atoms with E-state index < -0.39 is 21.8 Å². The molecule has 0 spiro atoms. The molecule has 0 radical (unpaired) electrons. The fourth-order valence-corrected chi connectivity index (χ4v) is 4.20. The van der Waals surface area contributed by atoms with Gasteiger partial charge in [0.05, 0.1) is 11.9 Å². The van der Waals surface area contributed by atoms with Crippen LogP contribution in [0.2, 0.25) is 0 Å². The fourth-order valence-electron chi connectivity index (χ4n) is 3.21. The van der Waals surface area contributed by atoms with Crippen LogP contribution in [0.15, 0.2) is 24.4 Å². The smallest absolute Gasteiger partial charge is 0.369 e. The van der Waals surface area contributed by atoms with Crippen LogP contribution < -0.4 is 20.7 Å². The van der Waals surface area contributed by atoms with Gasteiger partial charge in [-0.3, -0.25) is 4.31 Å². The summed E-state index contributed by atoms with van der Waals surface area (Å²) in [7, 11) is -3.38. The lowest BCUT2D eigenvalue weighted by Crippen LogP contribution is -2.34. The molecule has 1 aliphatic rings. The summed E-state index contributed by atoms with van der Waals surface area (Å²) in [5.74, 6) is -0.330. The molecule has 4 N–H and O–H groups in total. The van der Waals surface area contributed by atoms with Crippen LogP contribution in [0.25, 0.3) is 0 Å². The minimum atomic E-state index is -4.59. The summed E-state index contributed by atoms with van der Waals surface area (Å²) in [5.41, 5.74) is 6.41. The average Bonchev–Trinajstić information content (AvgIpc) is 2.66. The van der Waals surface area contributed by atoms with Gasteiger partial charge in [0.1, 0.15) is 11.4 Å². The van der Waals surface area contributed by atoms with Crippen molar-refractivity contribution < 1.29 is 21.6 Å². The predicted octanol–water partition coefficient (Wildman–Crippen LogP) is 2.71. The molecule has 164 valence electrons. The third-order valence-corrected chi connectivity index (χ3v) is 5.76. The number of halogens is 3. The number of sulfonamides is 1. The number of nitrogens with two attached hydrogens (primary N) is 1. The molecule has 2 aromatic rings. The Morgan fingerprint density at radius 1 is 1.30 bits per heavy atom. The van der Waals surface area contributed by atoms with Gasteiger partial charge < -0.3 is 16.4 Å². The quantitative estimate of drug-likeness (QED) is 0.563. The minimum absolute atomic E-state index is 0.00558. The van der Waals surface area contributed by atoms with Crippen molar-refractivity contribution in [3.05, 3.63) is 35.5 Å². The number of rotatable bonds is 7. The first-order valence-corrected chi connectivity index (χ1v) is 11.2. The lowest BCUT2D eigenvalue weighted by Gasteiger charge is -2.29. The van der Waals surface area contributed by atoms with Crippen molar-refractivity contribution in [2.75, 3.05) is 40.8 Å². The zero-order chi connectivity index (χ0) is 21.9. The summed E-state index contributed by atoms with van der Waals surface area (Å²) in [6.45, 7) is 0.999. The van der Waals surface area contributed by atoms with Crippen LogP contribution in [-0.2, 0) is 22.6 Å². The topological polar surface area (TPSA) is 113 Å². The van der Waals surface area contributed by atoms with Gasteiger partial charge >= 0.3 is 6.18 Å². The molecular weight excluding hydrogens is 421 g/mol. The van der Waals surface area contributed by atoms with E-state index in [0.29, 0.717) is 43.7 Å². The average molecular weight is 444 g/mol. The maximum absolute atomic E-state index is 13.2. The first kappa shape index (κ1) is 22.1. The number of fused-ring (bicyclic) bond motifs is 1. The van der Waals surface area contributed by atoms with E-state index >= 15 is 0 Å². The molecular formula is C18H23F3N6O2S. The largest absolute Gasteiger partial charge is 0.421 e. The molecule has 1 aromatic carbocycles. The van der Waals surface area contributed by atoms with Crippen molar-refractivity contribution in [2.24, 2.45) is 5.73 Å². The molecule has 0 atom stereocenters. The van der Waals surface area contributed by atoms with Crippen molar-refractivity contribution >= 4 is 33.2 Å². The number of nitrogens with one attached hydrogen (secondary N) is 2. The highest BCUT2D eigenvalue weighted by Gasteiger charge is 2.35. The van der Waals surface area contributed by atoms with E-state index in [4.69, 9.17) is 5.73 Å². The monoisotopic (exact) mass is 444 g/mol. The lowest BCUT2D eigenvalue weighted by atomic mass is 10.0. The molecule has 0 saturated heterocycles. The number of anilines is 4. The minimum Gasteiger partial charge on any atom is -0.369 e. The van der Waals surface area contributed by atoms with Gasteiger partial charge in [-0.05, 0) is 49.6 Å². The van der Waals surface area contributed by atoms with Gasteiger partial charge in [-0.25, -0.2) is 13.4 Å². The Kier molecular flexibility index (Phi) is 6.36. The van der Waals surface area contributed by atoms with Gasteiger partial charge in [-0.1, -0.05) is 0 Å². The first-order valence-electron chi connectivity index (χ1n) is 9.35. The van der Waals surface area contributed by atoms with Crippen LogP contribution >= 0.6 is 0 Å². The molecule has 0 aliphatic carbocycles. The normalized spacial score (nSPS) is 14.4. The number of hydrogen-bond donors (Lipinski definition) is 3. The number of aromatic nitrogens is 2. The van der Waals surface area contributed by atoms with Crippen molar-refractivity contribution in [3.8, 4) is 0 Å². The van der Waals surface area contributed by atoms with Gasteiger partial charge in [-0.2, -0.15) is 18.2 Å². The highest BCUT2D eigenvalue weighted by Crippen LogP contribution is 2.35. The Labute approximate surface area is 172 Å². The summed E-state index contributed by atoms with van der Waals surface area (Å²) < 4.78 is 64.9. The van der Waals surface area contributed by atoms with Crippen LogP contribution in [0.1, 0.15) is 24.0 Å². The van der Waals surface area contributed by atoms with E-state index in [0.717, 1.165) is 18.0 Å². The van der Waals surface area contributed by atoms with Gasteiger partial charge in [0.15, 0.2) is 0 Å². The highest BCUT2D eigenvalue weighted by atomic mass is 32.2. The number of aryl methyl sites for hydroxylation is 1. The first-order chi connectivity index (χ1) is 14.1. The SMILES string of the molecule is CS(=O)(=O)N1CCCc2cc(Nc3ncc(C(F)(F)F)c(NCCCN)n3)ccc21. The maximum atomic E-state index is 13.2. The second kappa shape index (κ2) is 8.64. The highest BCUT2D eigenvalue weighted by molar-refractivity contribution is 7.92. The number of alkyl halides is 3. The van der Waals surface area contributed by atoms with E-state index in [1.54, 1.807) is 18.2 Å². The van der Waals surface area contributed by atoms with Gasteiger partial charge in [0, 0.05) is 25.0 Å². The summed E-state index contributed by atoms with van der Waals surface area (Å²) in [6, 6.07) is 5.07. The molecule has 0 saturated carbocycles. The Bertz CT molecular complexity index is 1010. The lowest BCUT2D eigenvalue weighted by molar-refractivity contribution is -0.137. The Morgan fingerprint density at radius 3 is 2.73 bits per heavy atom. The maximum Gasteiger partial charge on any atom is 0.421 e. The molecule has 1 aromatic heterocycles. The summed E-state index contributed by atoms with van der Waals surface area (Å²) in [5, 5.41) is 5.55. The number of nitrogens with zero attached hydrogens (tertiary/aromatic N) is 3. The van der Waals surface area contributed by atoms with Crippen molar-refractivity contribution in [1.82, 2.24) is 9.97 Å². The van der Waals surface area contributed by atoms with Gasteiger partial charge in [0.2, 0.25) is 16.0 Å². The predicted molar refractivity (Wildman–Crippen MR) is 109 cm³/mol. The van der Waals surface area contributed by atoms with Crippen LogP contribution in [0.5, 0.6) is 0 Å². The zero-order valence-electron chi connectivity index (χ0n) is 16.3. The second-order valence-electron chi connectivity index (χ2n) is 6.93. The molecule has 0 bridgehead atoms. The summed E-state index contributed by atoms with van der Waals surface area (Å²) in [6.07, 6.45) is -0.851. The molecule has 0 amide bonds. The number of hydrogen-bond acceptors (Lipinski definition) is 7. The third-order valence-electron chi connectivity index (χ3n) is 4.58. The standard InChI is InChI=1S/C18H23F3N6O2S/c1-30(28,29)27-9-2-4-12-10-13(5-6-15(12)27)25-17-24-11-14(18(19,20)21)16(26-17)23-8-3-7-22/h5-6,10-11H,2-4,7-9,22H2,1H3,(H2,23,24,25,26). The van der Waals surface area contributed by atoms with E-state index in [-0.39, 0.29) is 18.3 Å². The molecule has 12 heteroatoms. The summed E-state index contributed by atoms with van der Waals surface area (Å²) >= 11 is 0. The van der Waals surface area contributed by atoms with Crippen LogP contribution in [0.4, 0.5) is 36.3 Å². The Morgan fingerprint density at radius 2 is 2.07 bits per heavy atom. The van der Waals surface area contributed by atoms with Gasteiger partial charge in [0.25, 0.3) is 0 Å². The second-order valence-corrected chi connectivity index (χ2v) is 8.84. The summed E-state index contributed by atoms with van der Waals surface area (Å²) in [4.78, 5) is 7.75. The Hall–Kier alpha value is -2.60. The van der Waals surface area contributed by atoms with Crippen molar-refractivity contribution in [2.45, 2.75) is 25.4 Å². The third kappa shape index (κ3) is 5.11. The van der Waals surface area contributed by atoms with Gasteiger partial charge in [-0.15, -0.1) is 0 Å². The fraction of sp³-hybridized carbons (Fsp3) is 0.444. The molecule has 8 nitrogen and oxygen atoms in total. The van der Waals surface area contributed by atoms with Crippen molar-refractivity contribution in [1.29, 1.82) is 0 Å². The molecule has 30 heavy (non-hydrogen) atoms. The van der Waals surface area contributed by atoms with Crippen LogP contribution in [0, 0.1) is 0 Å². The molecule has 1 aliphatic heterocycles. The van der Waals surface area contributed by atoms with E-state index in [1.807, 2.05) is 0 Å². The van der Waals surface area contributed by atoms with Crippen molar-refractivity contribution in [3.63, 3.8) is 0 Å².